The molecule has 2 heterocycles. The summed E-state index contributed by atoms with van der Waals surface area (Å²) in [6.07, 6.45) is 0.665. The summed E-state index contributed by atoms with van der Waals surface area (Å²) in [5.41, 5.74) is 2.49. The lowest BCUT2D eigenvalue weighted by Gasteiger charge is -2.30. The molecule has 3 aromatic carbocycles. The quantitative estimate of drug-likeness (QED) is 0.0251. The van der Waals surface area contributed by atoms with Gasteiger partial charge >= 0.3 is 23.9 Å². The highest BCUT2D eigenvalue weighted by molar-refractivity contribution is 6.00. The van der Waals surface area contributed by atoms with E-state index in [4.69, 9.17) is 5.11 Å². The van der Waals surface area contributed by atoms with Gasteiger partial charge in [-0.2, -0.15) is 0 Å². The molecule has 5 aromatic rings. The molecule has 0 aliphatic carbocycles. The van der Waals surface area contributed by atoms with E-state index in [-0.39, 0.29) is 55.9 Å². The number of imidazole rings is 1. The second kappa shape index (κ2) is 44.4. The van der Waals surface area contributed by atoms with Crippen LogP contribution in [-0.2, 0) is 102 Å². The summed E-state index contributed by atoms with van der Waals surface area (Å²) in [7, 11) is 0. The Bertz CT molecular complexity index is 4100. The molecule has 0 fully saturated rings. The first-order chi connectivity index (χ1) is 53.0. The number of carboxylic acid groups (broad SMARTS) is 4. The SMILES string of the molecule is CC[C@H](C)[C@H](NC(=O)[C@H](CC(=O)O)NC(=O)[C@H](CC(C)C)NC(=O)[C@H](Cc1c[nH]cn1)NC(=O)CNC(=O)[C@H](Cc1ccccc1)NC(=O)[C@H](Cc1ccc(O)cc1)NC(=O)[C@@H](NC(=O)[C@H](C)NC(=O)[C@H](CCC(=O)O)NC(=O)CCC(=O)O)C(C)C)C(=O)N[C@H](C(=O)N[C@@H](Cc1c[nH]c2ccccc12)C(=O)O)[C@@H](C)CC. The normalized spacial score (nSPS) is 14.7. The Morgan fingerprint density at radius 2 is 0.920 bits per heavy atom. The summed E-state index contributed by atoms with van der Waals surface area (Å²) in [5.74, 6) is -19.6. The van der Waals surface area contributed by atoms with Crippen LogP contribution in [0.3, 0.4) is 0 Å². The minimum atomic E-state index is -1.89. The van der Waals surface area contributed by atoms with Crippen molar-refractivity contribution in [1.82, 2.24) is 78.8 Å². The van der Waals surface area contributed by atoms with Gasteiger partial charge in [0.25, 0.3) is 0 Å². The van der Waals surface area contributed by atoms with E-state index in [0.29, 0.717) is 23.1 Å². The molecule has 0 bridgehead atoms. The van der Waals surface area contributed by atoms with Crippen molar-refractivity contribution in [3.8, 4) is 5.75 Å². The minimum absolute atomic E-state index is 0.115. The van der Waals surface area contributed by atoms with Crippen LogP contribution in [-0.4, -0.2) is 208 Å². The van der Waals surface area contributed by atoms with Crippen molar-refractivity contribution >= 4 is 106 Å². The fraction of sp³-hybridized carbons (Fsp3) is 0.487. The molecule has 13 atom stereocenters. The number of nitrogens with one attached hydrogen (secondary N) is 14. The Kier molecular flexibility index (Phi) is 35.8. The number of aromatic nitrogens is 3. The topological polar surface area (TPSA) is 563 Å². The van der Waals surface area contributed by atoms with Crippen molar-refractivity contribution in [2.24, 2.45) is 23.7 Å². The molecule has 112 heavy (non-hydrogen) atoms. The molecule has 0 aliphatic heterocycles. The van der Waals surface area contributed by atoms with Gasteiger partial charge in [0.05, 0.1) is 31.4 Å². The average molecular weight is 1560 g/mol. The minimum Gasteiger partial charge on any atom is -0.508 e. The highest BCUT2D eigenvalue weighted by Crippen LogP contribution is 2.21. The molecule has 0 aliphatic rings. The number of amides is 12. The third kappa shape index (κ3) is 29.6. The fourth-order valence-electron chi connectivity index (χ4n) is 11.8. The Morgan fingerprint density at radius 3 is 1.49 bits per heavy atom. The lowest BCUT2D eigenvalue weighted by molar-refractivity contribution is -0.143. The van der Waals surface area contributed by atoms with Crippen molar-refractivity contribution in [3.05, 3.63) is 120 Å². The number of benzene rings is 3. The number of aliphatic carboxylic acids is 4. The highest BCUT2D eigenvalue weighted by Gasteiger charge is 2.39. The largest absolute Gasteiger partial charge is 0.508 e. The van der Waals surface area contributed by atoms with Gasteiger partial charge in [-0.25, -0.2) is 9.78 Å². The number of nitrogens with zero attached hydrogens (tertiary/aromatic N) is 1. The Labute approximate surface area is 645 Å². The van der Waals surface area contributed by atoms with Gasteiger partial charge in [-0.3, -0.25) is 71.9 Å². The maximum atomic E-state index is 14.7. The number of carboxylic acids is 4. The van der Waals surface area contributed by atoms with Crippen LogP contribution >= 0.6 is 0 Å². The number of carbonyl (C=O) groups excluding carboxylic acids is 12. The van der Waals surface area contributed by atoms with Crippen LogP contribution in [0, 0.1) is 23.7 Å². The number of para-hydroxylation sites is 1. The molecule has 19 N–H and O–H groups in total. The molecule has 5 rings (SSSR count). The van der Waals surface area contributed by atoms with Gasteiger partial charge < -0.3 is 99.3 Å². The highest BCUT2D eigenvalue weighted by atomic mass is 16.4. The lowest BCUT2D eigenvalue weighted by atomic mass is 9.94. The Hall–Kier alpha value is -12.3. The monoisotopic (exact) mass is 1560 g/mol. The average Bonchev–Trinajstić information content (AvgIpc) is 1.57. The van der Waals surface area contributed by atoms with Gasteiger partial charge in [-0.1, -0.05) is 129 Å². The molecule has 12 amide bonds. The Morgan fingerprint density at radius 1 is 0.429 bits per heavy atom. The third-order valence-electron chi connectivity index (χ3n) is 18.5. The number of phenolic OH excluding ortho intramolecular Hbond substituents is 1. The van der Waals surface area contributed by atoms with E-state index in [0.717, 1.165) is 10.9 Å². The maximum absolute atomic E-state index is 14.7. The van der Waals surface area contributed by atoms with Crippen molar-refractivity contribution in [2.45, 2.75) is 206 Å². The first-order valence-corrected chi connectivity index (χ1v) is 36.8. The van der Waals surface area contributed by atoms with Crippen molar-refractivity contribution in [2.75, 3.05) is 6.54 Å². The molecule has 36 nitrogen and oxygen atoms in total. The van der Waals surface area contributed by atoms with E-state index < -0.39 is 218 Å². The summed E-state index contributed by atoms with van der Waals surface area (Å²) < 4.78 is 0. The lowest BCUT2D eigenvalue weighted by Crippen LogP contribution is -2.61. The summed E-state index contributed by atoms with van der Waals surface area (Å²) in [4.78, 5) is 226. The van der Waals surface area contributed by atoms with Gasteiger partial charge in [-0.15, -0.1) is 0 Å². The van der Waals surface area contributed by atoms with E-state index >= 15 is 0 Å². The number of hydrogen-bond donors (Lipinski definition) is 19. The van der Waals surface area contributed by atoms with E-state index in [1.54, 1.807) is 110 Å². The summed E-state index contributed by atoms with van der Waals surface area (Å²) in [5, 5.41) is 79.8. The van der Waals surface area contributed by atoms with Crippen LogP contribution in [0.1, 0.15) is 136 Å². The molecule has 0 saturated heterocycles. The molecule has 0 unspecified atom stereocenters. The number of hydrogen-bond acceptors (Lipinski definition) is 18. The van der Waals surface area contributed by atoms with Crippen LogP contribution in [0.2, 0.25) is 0 Å². The zero-order chi connectivity index (χ0) is 83.1. The van der Waals surface area contributed by atoms with Crippen LogP contribution < -0.4 is 63.8 Å². The van der Waals surface area contributed by atoms with Crippen molar-refractivity contribution < 1.29 is 102 Å². The van der Waals surface area contributed by atoms with Gasteiger partial charge in [-0.05, 0) is 78.3 Å². The second-order valence-corrected chi connectivity index (χ2v) is 28.2. The first kappa shape index (κ1) is 90.3. The molecule has 0 spiro atoms. The second-order valence-electron chi connectivity index (χ2n) is 28.2. The predicted octanol–water partition coefficient (Wildman–Crippen LogP) is 0.419. The van der Waals surface area contributed by atoms with Gasteiger partial charge in [0.2, 0.25) is 70.9 Å². The number of fused-ring (bicyclic) bond motifs is 1. The molecule has 608 valence electrons. The van der Waals surface area contributed by atoms with Crippen LogP contribution in [0.4, 0.5) is 0 Å². The van der Waals surface area contributed by atoms with E-state index in [1.165, 1.54) is 43.7 Å². The number of carbonyl (C=O) groups is 16. The summed E-state index contributed by atoms with van der Waals surface area (Å²) >= 11 is 0. The van der Waals surface area contributed by atoms with Crippen LogP contribution in [0.25, 0.3) is 10.9 Å². The molecule has 2 aromatic heterocycles. The maximum Gasteiger partial charge on any atom is 0.326 e. The standard InChI is InChI=1S/C76H103N15O21/c1-10-41(7)64(74(109)88-57(76(111)112)32-46-35-78-50-20-16-15-19-49(46)50)91-75(110)65(42(8)11-2)90-72(107)56(34-62(99)100)86-69(104)52(29-39(3)4)84-71(106)55(33-47-36-77-38-80-47)83-59(94)37-79-67(102)53(30-44-17-13-12-14-18-44)85-70(105)54(31-45-21-23-48(92)24-22-45)87-73(108)63(40(5)6)89-66(101)43(9)81-68(103)51(25-27-60(95)96)82-58(93)26-28-61(97)98/h12-24,35-36,38-43,51-57,63-65,78,92H,10-11,25-34,37H2,1-9H3,(H,77,80)(H,79,102)(H,81,103)(H,82,93)(H,83,94)(H,84,106)(H,85,105)(H,86,104)(H,87,108)(H,88,109)(H,89,101)(H,90,107)(H,91,110)(H,95,96)(H,97,98)(H,99,100)(H,111,112)/t41-,42-,43-,51-,52-,53-,54-,55-,56-,57-,63-,64-,65-/m0/s1. The first-order valence-electron chi connectivity index (χ1n) is 36.8. The number of aromatic hydroxyl groups is 1. The molecule has 0 saturated carbocycles. The predicted molar refractivity (Wildman–Crippen MR) is 403 cm³/mol. The number of phenols is 1. The van der Waals surface area contributed by atoms with Gasteiger partial charge in [0.15, 0.2) is 0 Å². The smallest absolute Gasteiger partial charge is 0.326 e. The zero-order valence-electron chi connectivity index (χ0n) is 63.8. The van der Waals surface area contributed by atoms with Crippen LogP contribution in [0.15, 0.2) is 97.6 Å². The van der Waals surface area contributed by atoms with E-state index in [1.807, 2.05) is 6.07 Å². The summed E-state index contributed by atoms with van der Waals surface area (Å²) in [6, 6.07) is 4.38. The van der Waals surface area contributed by atoms with Crippen molar-refractivity contribution in [3.63, 3.8) is 0 Å². The molecule has 0 radical (unpaired) electrons. The van der Waals surface area contributed by atoms with E-state index in [9.17, 15) is 97.1 Å². The molecular formula is C76H103N15O21. The van der Waals surface area contributed by atoms with Gasteiger partial charge in [0, 0.05) is 61.8 Å². The van der Waals surface area contributed by atoms with Gasteiger partial charge in [0.1, 0.15) is 72.2 Å². The number of rotatable bonds is 47. The fourth-order valence-corrected chi connectivity index (χ4v) is 11.8. The molecular weight excluding hydrogens is 1460 g/mol. The van der Waals surface area contributed by atoms with Crippen molar-refractivity contribution in [1.29, 1.82) is 0 Å². The Balaban J connectivity index is 1.32. The zero-order valence-corrected chi connectivity index (χ0v) is 63.8. The molecule has 36 heteroatoms. The number of H-pyrrole nitrogens is 2. The number of aromatic amines is 2. The van der Waals surface area contributed by atoms with Crippen LogP contribution in [0.5, 0.6) is 5.75 Å². The summed E-state index contributed by atoms with van der Waals surface area (Å²) in [6.45, 7) is 13.6. The van der Waals surface area contributed by atoms with E-state index in [2.05, 4.69) is 78.8 Å². The third-order valence-corrected chi connectivity index (χ3v) is 18.5.